The summed E-state index contributed by atoms with van der Waals surface area (Å²) in [7, 11) is 1.60. The Kier molecular flexibility index (Phi) is 5.74. The molecule has 5 heteroatoms. The fourth-order valence-electron chi connectivity index (χ4n) is 2.10. The molecular weight excluding hydrogens is 292 g/mol. The van der Waals surface area contributed by atoms with Gasteiger partial charge in [-0.2, -0.15) is 5.10 Å². The Morgan fingerprint density at radius 3 is 2.57 bits per heavy atom. The van der Waals surface area contributed by atoms with Gasteiger partial charge in [0.2, 0.25) is 0 Å². The first-order valence-corrected chi connectivity index (χ1v) is 7.24. The Balaban J connectivity index is 1.83. The van der Waals surface area contributed by atoms with Crippen LogP contribution < -0.4 is 14.9 Å². The van der Waals surface area contributed by atoms with Crippen LogP contribution in [-0.2, 0) is 4.79 Å². The molecule has 0 radical (unpaired) electrons. The maximum absolute atomic E-state index is 11.7. The van der Waals surface area contributed by atoms with Crippen LogP contribution in [0.25, 0.3) is 0 Å². The largest absolute Gasteiger partial charge is 0.497 e. The summed E-state index contributed by atoms with van der Waals surface area (Å²) in [6.07, 6.45) is 1.55. The van der Waals surface area contributed by atoms with E-state index in [4.69, 9.17) is 9.47 Å². The van der Waals surface area contributed by atoms with Crippen molar-refractivity contribution in [1.82, 2.24) is 5.43 Å². The molecule has 120 valence electrons. The quantitative estimate of drug-likeness (QED) is 0.659. The Morgan fingerprint density at radius 1 is 1.13 bits per heavy atom. The van der Waals surface area contributed by atoms with Crippen LogP contribution in [0, 0.1) is 13.8 Å². The van der Waals surface area contributed by atoms with Crippen molar-refractivity contribution in [2.24, 2.45) is 5.10 Å². The number of ether oxygens (including phenoxy) is 2. The molecule has 0 aliphatic heterocycles. The SMILES string of the molecule is COc1cccc(C=NNC(=O)COc2cc(C)cc(C)c2)c1. The van der Waals surface area contributed by atoms with Gasteiger partial charge in [-0.05, 0) is 54.8 Å². The number of aryl methyl sites for hydroxylation is 2. The third kappa shape index (κ3) is 5.47. The van der Waals surface area contributed by atoms with Gasteiger partial charge >= 0.3 is 0 Å². The third-order valence-corrected chi connectivity index (χ3v) is 3.06. The fourth-order valence-corrected chi connectivity index (χ4v) is 2.10. The van der Waals surface area contributed by atoms with Crippen molar-refractivity contribution in [3.05, 3.63) is 59.2 Å². The van der Waals surface area contributed by atoms with Gasteiger partial charge in [0, 0.05) is 0 Å². The van der Waals surface area contributed by atoms with E-state index in [0.717, 1.165) is 22.4 Å². The monoisotopic (exact) mass is 312 g/mol. The van der Waals surface area contributed by atoms with Gasteiger partial charge in [-0.3, -0.25) is 4.79 Å². The molecule has 1 amide bonds. The molecule has 0 aliphatic rings. The number of carbonyl (C=O) groups is 1. The van der Waals surface area contributed by atoms with Gasteiger partial charge in [-0.15, -0.1) is 0 Å². The molecule has 0 spiro atoms. The normalized spacial score (nSPS) is 10.6. The molecule has 1 N–H and O–H groups in total. The Morgan fingerprint density at radius 2 is 1.87 bits per heavy atom. The molecule has 2 aromatic rings. The number of amides is 1. The van der Waals surface area contributed by atoms with Crippen molar-refractivity contribution >= 4 is 12.1 Å². The van der Waals surface area contributed by atoms with Crippen LogP contribution >= 0.6 is 0 Å². The van der Waals surface area contributed by atoms with E-state index in [2.05, 4.69) is 10.5 Å². The lowest BCUT2D eigenvalue weighted by Crippen LogP contribution is -2.24. The molecule has 2 rings (SSSR count). The first kappa shape index (κ1) is 16.5. The number of nitrogens with zero attached hydrogens (tertiary/aromatic N) is 1. The molecule has 23 heavy (non-hydrogen) atoms. The van der Waals surface area contributed by atoms with Crippen molar-refractivity contribution < 1.29 is 14.3 Å². The fraction of sp³-hybridized carbons (Fsp3) is 0.222. The molecule has 0 atom stereocenters. The molecule has 0 aliphatic carbocycles. The molecule has 0 saturated carbocycles. The maximum atomic E-state index is 11.7. The van der Waals surface area contributed by atoms with Crippen LogP contribution in [0.4, 0.5) is 0 Å². The van der Waals surface area contributed by atoms with Crippen molar-refractivity contribution in [1.29, 1.82) is 0 Å². The van der Waals surface area contributed by atoms with E-state index in [1.165, 1.54) is 0 Å². The lowest BCUT2D eigenvalue weighted by molar-refractivity contribution is -0.123. The summed E-state index contributed by atoms with van der Waals surface area (Å²) >= 11 is 0. The van der Waals surface area contributed by atoms with Crippen LogP contribution in [0.15, 0.2) is 47.6 Å². The van der Waals surface area contributed by atoms with E-state index in [-0.39, 0.29) is 12.5 Å². The van der Waals surface area contributed by atoms with E-state index in [9.17, 15) is 4.79 Å². The van der Waals surface area contributed by atoms with Gasteiger partial charge in [-0.1, -0.05) is 18.2 Å². The average Bonchev–Trinajstić information content (AvgIpc) is 2.52. The highest BCUT2D eigenvalue weighted by Crippen LogP contribution is 2.16. The van der Waals surface area contributed by atoms with E-state index in [0.29, 0.717) is 5.75 Å². The maximum Gasteiger partial charge on any atom is 0.277 e. The minimum absolute atomic E-state index is 0.0850. The number of nitrogens with one attached hydrogen (secondary N) is 1. The molecule has 0 fully saturated rings. The summed E-state index contributed by atoms with van der Waals surface area (Å²) in [5.74, 6) is 1.09. The lowest BCUT2D eigenvalue weighted by Gasteiger charge is -2.07. The number of rotatable bonds is 6. The molecule has 0 heterocycles. The number of hydrogen-bond acceptors (Lipinski definition) is 4. The van der Waals surface area contributed by atoms with Crippen LogP contribution in [0.1, 0.15) is 16.7 Å². The second-order valence-corrected chi connectivity index (χ2v) is 5.18. The topological polar surface area (TPSA) is 59.9 Å². The number of methoxy groups -OCH3 is 1. The van der Waals surface area contributed by atoms with Crippen molar-refractivity contribution in [3.8, 4) is 11.5 Å². The van der Waals surface area contributed by atoms with Crippen LogP contribution in [0.5, 0.6) is 11.5 Å². The van der Waals surface area contributed by atoms with Crippen molar-refractivity contribution in [3.63, 3.8) is 0 Å². The number of hydrogen-bond donors (Lipinski definition) is 1. The van der Waals surface area contributed by atoms with E-state index < -0.39 is 0 Å². The zero-order valence-electron chi connectivity index (χ0n) is 13.5. The summed E-state index contributed by atoms with van der Waals surface area (Å²) in [6, 6.07) is 13.2. The van der Waals surface area contributed by atoms with Crippen LogP contribution in [0.3, 0.4) is 0 Å². The standard InChI is InChI=1S/C18H20N2O3/c1-13-7-14(2)9-17(8-13)23-12-18(21)20-19-11-15-5-4-6-16(10-15)22-3/h4-11H,12H2,1-3H3,(H,20,21). The number of hydrazone groups is 1. The minimum atomic E-state index is -0.316. The second kappa shape index (κ2) is 7.98. The summed E-state index contributed by atoms with van der Waals surface area (Å²) in [5, 5.41) is 3.90. The van der Waals surface area contributed by atoms with Crippen molar-refractivity contribution in [2.75, 3.05) is 13.7 Å². The zero-order chi connectivity index (χ0) is 16.7. The highest BCUT2D eigenvalue weighted by atomic mass is 16.5. The predicted octanol–water partition coefficient (Wildman–Crippen LogP) is 2.84. The molecule has 0 aromatic heterocycles. The van der Waals surface area contributed by atoms with Crippen LogP contribution in [0.2, 0.25) is 0 Å². The van der Waals surface area contributed by atoms with Gasteiger partial charge in [0.15, 0.2) is 6.61 Å². The van der Waals surface area contributed by atoms with Crippen molar-refractivity contribution in [2.45, 2.75) is 13.8 Å². The predicted molar refractivity (Wildman–Crippen MR) is 90.1 cm³/mol. The van der Waals surface area contributed by atoms with E-state index in [1.807, 2.05) is 56.3 Å². The van der Waals surface area contributed by atoms with E-state index in [1.54, 1.807) is 13.3 Å². The number of carbonyl (C=O) groups excluding carboxylic acids is 1. The van der Waals surface area contributed by atoms with Gasteiger partial charge < -0.3 is 9.47 Å². The van der Waals surface area contributed by atoms with Gasteiger partial charge in [0.25, 0.3) is 5.91 Å². The van der Waals surface area contributed by atoms with Crippen LogP contribution in [-0.4, -0.2) is 25.8 Å². The highest BCUT2D eigenvalue weighted by Gasteiger charge is 2.02. The lowest BCUT2D eigenvalue weighted by atomic mass is 10.1. The van der Waals surface area contributed by atoms with Gasteiger partial charge in [0.1, 0.15) is 11.5 Å². The third-order valence-electron chi connectivity index (χ3n) is 3.06. The zero-order valence-corrected chi connectivity index (χ0v) is 13.5. The molecule has 0 bridgehead atoms. The van der Waals surface area contributed by atoms with Gasteiger partial charge in [-0.25, -0.2) is 5.43 Å². The second-order valence-electron chi connectivity index (χ2n) is 5.18. The molecule has 0 unspecified atom stereocenters. The van der Waals surface area contributed by atoms with Gasteiger partial charge in [0.05, 0.1) is 13.3 Å². The highest BCUT2D eigenvalue weighted by molar-refractivity contribution is 5.83. The first-order chi connectivity index (χ1) is 11.1. The Bertz CT molecular complexity index is 691. The Hall–Kier alpha value is -2.82. The minimum Gasteiger partial charge on any atom is -0.497 e. The summed E-state index contributed by atoms with van der Waals surface area (Å²) in [6.45, 7) is 3.88. The molecular formula is C18H20N2O3. The summed E-state index contributed by atoms with van der Waals surface area (Å²) in [4.78, 5) is 11.7. The first-order valence-electron chi connectivity index (χ1n) is 7.24. The number of benzene rings is 2. The summed E-state index contributed by atoms with van der Waals surface area (Å²) in [5.41, 5.74) is 5.45. The molecule has 0 saturated heterocycles. The van der Waals surface area contributed by atoms with E-state index >= 15 is 0 Å². The molecule has 5 nitrogen and oxygen atoms in total. The summed E-state index contributed by atoms with van der Waals surface area (Å²) < 4.78 is 10.6. The molecule has 2 aromatic carbocycles. The average molecular weight is 312 g/mol. The smallest absolute Gasteiger partial charge is 0.277 e. The Labute approximate surface area is 135 Å².